The molecule has 4 rings (SSSR count). The molecule has 0 aromatic heterocycles. The summed E-state index contributed by atoms with van der Waals surface area (Å²) < 4.78 is 66.3. The van der Waals surface area contributed by atoms with Gasteiger partial charge < -0.3 is 5.32 Å². The second-order valence-corrected chi connectivity index (χ2v) is 9.40. The third kappa shape index (κ3) is 4.18. The SMILES string of the molecule is O=C(Nc1ccc(Cl)c(C(F)(F)F)c1)c1ccc2c(c1)CCN2S(=O)(=O)c1ccccc1. The van der Waals surface area contributed by atoms with Crippen LogP contribution in [0.2, 0.25) is 5.02 Å². The number of nitrogens with one attached hydrogen (secondary N) is 1. The van der Waals surface area contributed by atoms with Crippen LogP contribution in [0.15, 0.2) is 71.6 Å². The van der Waals surface area contributed by atoms with E-state index in [0.29, 0.717) is 17.7 Å². The summed E-state index contributed by atoms with van der Waals surface area (Å²) in [5.74, 6) is -0.618. The molecule has 0 saturated carbocycles. The van der Waals surface area contributed by atoms with Gasteiger partial charge in [-0.1, -0.05) is 29.8 Å². The fraction of sp³-hybridized carbons (Fsp3) is 0.136. The first-order valence-corrected chi connectivity index (χ1v) is 11.3. The first-order valence-electron chi connectivity index (χ1n) is 9.46. The number of fused-ring (bicyclic) bond motifs is 1. The molecule has 32 heavy (non-hydrogen) atoms. The Bertz CT molecular complexity index is 1300. The third-order valence-electron chi connectivity index (χ3n) is 5.06. The molecular formula is C22H16ClF3N2O3S. The van der Waals surface area contributed by atoms with Crippen molar-refractivity contribution in [3.05, 3.63) is 88.4 Å². The monoisotopic (exact) mass is 480 g/mol. The molecule has 166 valence electrons. The lowest BCUT2D eigenvalue weighted by Gasteiger charge is -2.19. The quantitative estimate of drug-likeness (QED) is 0.546. The van der Waals surface area contributed by atoms with Gasteiger partial charge in [-0.2, -0.15) is 13.2 Å². The molecule has 1 N–H and O–H groups in total. The van der Waals surface area contributed by atoms with Crippen LogP contribution < -0.4 is 9.62 Å². The molecule has 0 bridgehead atoms. The van der Waals surface area contributed by atoms with E-state index < -0.39 is 32.7 Å². The number of nitrogens with zero attached hydrogens (tertiary/aromatic N) is 1. The number of alkyl halides is 3. The molecule has 3 aromatic carbocycles. The Labute approximate surface area is 187 Å². The molecule has 1 aliphatic rings. The van der Waals surface area contributed by atoms with Gasteiger partial charge in [-0.25, -0.2) is 8.42 Å². The Morgan fingerprint density at radius 2 is 1.72 bits per heavy atom. The molecule has 0 atom stereocenters. The third-order valence-corrected chi connectivity index (χ3v) is 7.21. The van der Waals surface area contributed by atoms with E-state index in [0.717, 1.165) is 12.1 Å². The van der Waals surface area contributed by atoms with Crippen LogP contribution in [0.5, 0.6) is 0 Å². The maximum atomic E-state index is 13.0. The molecule has 0 spiro atoms. The minimum Gasteiger partial charge on any atom is -0.322 e. The van der Waals surface area contributed by atoms with Crippen molar-refractivity contribution in [2.75, 3.05) is 16.2 Å². The second-order valence-electron chi connectivity index (χ2n) is 7.13. The van der Waals surface area contributed by atoms with Gasteiger partial charge in [0.1, 0.15) is 0 Å². The van der Waals surface area contributed by atoms with Crippen molar-refractivity contribution in [1.29, 1.82) is 0 Å². The van der Waals surface area contributed by atoms with Crippen LogP contribution in [0.4, 0.5) is 24.5 Å². The number of sulfonamides is 1. The summed E-state index contributed by atoms with van der Waals surface area (Å²) in [7, 11) is -3.74. The zero-order chi connectivity index (χ0) is 23.1. The molecule has 3 aromatic rings. The topological polar surface area (TPSA) is 66.5 Å². The summed E-state index contributed by atoms with van der Waals surface area (Å²) in [5.41, 5.74) is 0.222. The van der Waals surface area contributed by atoms with Gasteiger partial charge in [0.15, 0.2) is 0 Å². The minimum absolute atomic E-state index is 0.0551. The van der Waals surface area contributed by atoms with Gasteiger partial charge in [-0.05, 0) is 60.5 Å². The number of hydrogen-bond donors (Lipinski definition) is 1. The normalized spacial score (nSPS) is 13.7. The van der Waals surface area contributed by atoms with Crippen molar-refractivity contribution in [3.63, 3.8) is 0 Å². The number of anilines is 2. The summed E-state index contributed by atoms with van der Waals surface area (Å²) in [6.45, 7) is 0.226. The van der Waals surface area contributed by atoms with Crippen molar-refractivity contribution in [1.82, 2.24) is 0 Å². The van der Waals surface area contributed by atoms with Crippen LogP contribution in [0.3, 0.4) is 0 Å². The van der Waals surface area contributed by atoms with E-state index in [4.69, 9.17) is 11.6 Å². The van der Waals surface area contributed by atoms with Crippen molar-refractivity contribution in [2.24, 2.45) is 0 Å². The standard InChI is InChI=1S/C22H16ClF3N2O3S/c23-19-8-7-16(13-18(19)22(24,25)26)27-21(29)15-6-9-20-14(12-15)10-11-28(20)32(30,31)17-4-2-1-3-5-17/h1-9,12-13H,10-11H2,(H,27,29). The number of halogens is 4. The molecular weight excluding hydrogens is 465 g/mol. The van der Waals surface area contributed by atoms with Crippen LogP contribution in [0, 0.1) is 0 Å². The van der Waals surface area contributed by atoms with Crippen molar-refractivity contribution < 1.29 is 26.4 Å². The molecule has 0 aliphatic carbocycles. The highest BCUT2D eigenvalue weighted by molar-refractivity contribution is 7.92. The lowest BCUT2D eigenvalue weighted by atomic mass is 10.1. The predicted molar refractivity (Wildman–Crippen MR) is 116 cm³/mol. The minimum atomic E-state index is -4.65. The summed E-state index contributed by atoms with van der Waals surface area (Å²) in [6.07, 6.45) is -4.25. The van der Waals surface area contributed by atoms with E-state index in [-0.39, 0.29) is 22.7 Å². The van der Waals surface area contributed by atoms with Gasteiger partial charge in [0.25, 0.3) is 15.9 Å². The molecule has 1 aliphatic heterocycles. The maximum Gasteiger partial charge on any atom is 0.417 e. The van der Waals surface area contributed by atoms with E-state index >= 15 is 0 Å². The Kier molecular flexibility index (Phi) is 5.64. The fourth-order valence-corrected chi connectivity index (χ4v) is 5.25. The van der Waals surface area contributed by atoms with E-state index in [1.807, 2.05) is 0 Å². The number of amides is 1. The van der Waals surface area contributed by atoms with Crippen LogP contribution >= 0.6 is 11.6 Å². The Hall–Kier alpha value is -3.04. The summed E-state index contributed by atoms with van der Waals surface area (Å²) >= 11 is 5.61. The van der Waals surface area contributed by atoms with Crippen molar-refractivity contribution in [2.45, 2.75) is 17.5 Å². The Morgan fingerprint density at radius 1 is 1.00 bits per heavy atom. The first-order chi connectivity index (χ1) is 15.1. The highest BCUT2D eigenvalue weighted by Crippen LogP contribution is 2.37. The Morgan fingerprint density at radius 3 is 2.41 bits per heavy atom. The van der Waals surface area contributed by atoms with Crippen LogP contribution in [-0.4, -0.2) is 20.9 Å². The largest absolute Gasteiger partial charge is 0.417 e. The lowest BCUT2D eigenvalue weighted by molar-refractivity contribution is -0.137. The number of rotatable bonds is 4. The van der Waals surface area contributed by atoms with Gasteiger partial charge in [0.05, 0.1) is 21.2 Å². The van der Waals surface area contributed by atoms with Crippen LogP contribution in [-0.2, 0) is 22.6 Å². The Balaban J connectivity index is 1.58. The lowest BCUT2D eigenvalue weighted by Crippen LogP contribution is -2.29. The average molecular weight is 481 g/mol. The average Bonchev–Trinajstić information content (AvgIpc) is 3.19. The molecule has 0 fully saturated rings. The molecule has 1 heterocycles. The van der Waals surface area contributed by atoms with Gasteiger partial charge in [-0.15, -0.1) is 0 Å². The van der Waals surface area contributed by atoms with Gasteiger partial charge in [0, 0.05) is 17.8 Å². The smallest absolute Gasteiger partial charge is 0.322 e. The van der Waals surface area contributed by atoms with Crippen molar-refractivity contribution >= 4 is 38.9 Å². The highest BCUT2D eigenvalue weighted by Gasteiger charge is 2.34. The maximum absolute atomic E-state index is 13.0. The van der Waals surface area contributed by atoms with E-state index in [1.54, 1.807) is 24.3 Å². The molecule has 10 heteroatoms. The number of hydrogen-bond acceptors (Lipinski definition) is 3. The molecule has 0 saturated heterocycles. The molecule has 1 amide bonds. The highest BCUT2D eigenvalue weighted by atomic mass is 35.5. The zero-order valence-electron chi connectivity index (χ0n) is 16.4. The fourth-order valence-electron chi connectivity index (χ4n) is 3.51. The van der Waals surface area contributed by atoms with Gasteiger partial charge in [0.2, 0.25) is 0 Å². The summed E-state index contributed by atoms with van der Waals surface area (Å²) in [4.78, 5) is 12.8. The van der Waals surface area contributed by atoms with Crippen LogP contribution in [0.1, 0.15) is 21.5 Å². The molecule has 5 nitrogen and oxygen atoms in total. The van der Waals surface area contributed by atoms with Crippen LogP contribution in [0.25, 0.3) is 0 Å². The van der Waals surface area contributed by atoms with E-state index in [2.05, 4.69) is 5.32 Å². The van der Waals surface area contributed by atoms with Gasteiger partial charge >= 0.3 is 6.18 Å². The molecule has 0 radical (unpaired) electrons. The summed E-state index contributed by atoms with van der Waals surface area (Å²) in [5, 5.41) is 1.96. The zero-order valence-corrected chi connectivity index (χ0v) is 17.9. The summed E-state index contributed by atoms with van der Waals surface area (Å²) in [6, 6.07) is 15.6. The van der Waals surface area contributed by atoms with E-state index in [9.17, 15) is 26.4 Å². The first kappa shape index (κ1) is 22.2. The van der Waals surface area contributed by atoms with E-state index in [1.165, 1.54) is 34.6 Å². The predicted octanol–water partition coefficient (Wildman–Crippen LogP) is 5.36. The second kappa shape index (κ2) is 8.14. The van der Waals surface area contributed by atoms with Gasteiger partial charge in [-0.3, -0.25) is 9.10 Å². The van der Waals surface area contributed by atoms with Crippen molar-refractivity contribution in [3.8, 4) is 0 Å². The number of benzene rings is 3. The number of carbonyl (C=O) groups is 1. The molecule has 0 unspecified atom stereocenters. The number of carbonyl (C=O) groups excluding carboxylic acids is 1.